The van der Waals surface area contributed by atoms with Crippen LogP contribution in [-0.4, -0.2) is 58.7 Å². The molecule has 4 aliphatic heterocycles. The Hall–Kier alpha value is -2.25. The molecule has 0 aromatic heterocycles. The van der Waals surface area contributed by atoms with E-state index in [2.05, 4.69) is 21.6 Å². The van der Waals surface area contributed by atoms with Crippen LogP contribution in [0.5, 0.6) is 0 Å². The van der Waals surface area contributed by atoms with Crippen molar-refractivity contribution in [2.75, 3.05) is 13.1 Å². The lowest BCUT2D eigenvalue weighted by Gasteiger charge is -2.32. The van der Waals surface area contributed by atoms with Gasteiger partial charge >= 0.3 is 0 Å². The van der Waals surface area contributed by atoms with Gasteiger partial charge in [-0.1, -0.05) is 12.1 Å². The Morgan fingerprint density at radius 2 is 2.04 bits per heavy atom. The summed E-state index contributed by atoms with van der Waals surface area (Å²) in [5.74, 6) is -0.709. The maximum Gasteiger partial charge on any atom is 0.255 e. The highest BCUT2D eigenvalue weighted by Gasteiger charge is 2.39. The lowest BCUT2D eigenvalue weighted by Crippen LogP contribution is -2.52. The molecule has 3 saturated heterocycles. The molecule has 0 aliphatic carbocycles. The van der Waals surface area contributed by atoms with Crippen molar-refractivity contribution in [1.82, 2.24) is 20.4 Å². The van der Waals surface area contributed by atoms with E-state index in [4.69, 9.17) is 0 Å². The third kappa shape index (κ3) is 2.95. The third-order valence-electron chi connectivity index (χ3n) is 6.46. The lowest BCUT2D eigenvalue weighted by atomic mass is 10.0. The fourth-order valence-corrected chi connectivity index (χ4v) is 4.94. The first-order valence-electron chi connectivity index (χ1n) is 9.82. The first-order valence-corrected chi connectivity index (χ1v) is 9.82. The zero-order valence-corrected chi connectivity index (χ0v) is 15.2. The van der Waals surface area contributed by atoms with Crippen LogP contribution in [-0.2, 0) is 22.7 Å². The smallest absolute Gasteiger partial charge is 0.255 e. The van der Waals surface area contributed by atoms with Crippen LogP contribution in [0.15, 0.2) is 18.2 Å². The van der Waals surface area contributed by atoms with Crippen molar-refractivity contribution in [3.8, 4) is 0 Å². The number of amides is 3. The van der Waals surface area contributed by atoms with Gasteiger partial charge in [0.05, 0.1) is 0 Å². The number of benzene rings is 1. The molecule has 3 unspecified atom stereocenters. The Morgan fingerprint density at radius 1 is 1.15 bits per heavy atom. The van der Waals surface area contributed by atoms with Crippen molar-refractivity contribution >= 4 is 17.7 Å². The molecular weight excluding hydrogens is 344 g/mol. The number of hydrogen-bond acceptors (Lipinski definition) is 5. The quantitative estimate of drug-likeness (QED) is 0.754. The number of nitrogens with zero attached hydrogens (tertiary/aromatic N) is 2. The molecule has 2 bridgehead atoms. The van der Waals surface area contributed by atoms with E-state index >= 15 is 0 Å². The van der Waals surface area contributed by atoms with Crippen LogP contribution in [0.2, 0.25) is 0 Å². The molecule has 7 nitrogen and oxygen atoms in total. The number of carbonyl (C=O) groups is 3. The molecule has 1 aromatic carbocycles. The summed E-state index contributed by atoms with van der Waals surface area (Å²) in [4.78, 5) is 40.6. The predicted molar refractivity (Wildman–Crippen MR) is 97.7 cm³/mol. The van der Waals surface area contributed by atoms with Crippen LogP contribution in [0, 0.1) is 0 Å². The number of hydrogen-bond donors (Lipinski definition) is 2. The molecular formula is C20H24N4O3. The first-order chi connectivity index (χ1) is 13.1. The number of carbonyl (C=O) groups excluding carboxylic acids is 3. The monoisotopic (exact) mass is 368 g/mol. The minimum atomic E-state index is -0.547. The molecule has 3 fully saturated rings. The van der Waals surface area contributed by atoms with Gasteiger partial charge in [-0.2, -0.15) is 0 Å². The summed E-state index contributed by atoms with van der Waals surface area (Å²) in [7, 11) is 0. The Balaban J connectivity index is 1.32. The standard InChI is InChI=1S/C20H24N4O3/c25-18-4-3-17(19(26)22-18)24-11-13-2-1-12(7-16(13)20(24)27)10-23-6-5-14-8-15(23)9-21-14/h1-2,7,14-15,17,21H,3-6,8-11H2,(H,22,25,26). The number of likely N-dealkylation sites (tertiary alicyclic amines) is 1. The lowest BCUT2D eigenvalue weighted by molar-refractivity contribution is -0.136. The summed E-state index contributed by atoms with van der Waals surface area (Å²) in [6, 6.07) is 6.85. The summed E-state index contributed by atoms with van der Waals surface area (Å²) in [6.07, 6.45) is 3.09. The number of nitrogens with one attached hydrogen (secondary N) is 2. The molecule has 4 aliphatic rings. The second kappa shape index (κ2) is 6.42. The van der Waals surface area contributed by atoms with Gasteiger partial charge in [0.2, 0.25) is 11.8 Å². The molecule has 27 heavy (non-hydrogen) atoms. The van der Waals surface area contributed by atoms with Gasteiger partial charge in [-0.15, -0.1) is 0 Å². The number of rotatable bonds is 3. The highest BCUT2D eigenvalue weighted by atomic mass is 16.2. The van der Waals surface area contributed by atoms with Gasteiger partial charge in [0.15, 0.2) is 0 Å². The largest absolute Gasteiger partial charge is 0.322 e. The van der Waals surface area contributed by atoms with Gasteiger partial charge in [0, 0.05) is 50.2 Å². The minimum Gasteiger partial charge on any atom is -0.322 e. The molecule has 0 spiro atoms. The molecule has 0 radical (unpaired) electrons. The van der Waals surface area contributed by atoms with Crippen LogP contribution in [0.25, 0.3) is 0 Å². The van der Waals surface area contributed by atoms with E-state index in [1.165, 1.54) is 12.8 Å². The van der Waals surface area contributed by atoms with E-state index in [9.17, 15) is 14.4 Å². The van der Waals surface area contributed by atoms with Crippen molar-refractivity contribution in [1.29, 1.82) is 0 Å². The highest BCUT2D eigenvalue weighted by Crippen LogP contribution is 2.30. The Bertz CT molecular complexity index is 823. The fraction of sp³-hybridized carbons (Fsp3) is 0.550. The second-order valence-corrected chi connectivity index (χ2v) is 8.15. The summed E-state index contributed by atoms with van der Waals surface area (Å²) in [5, 5.41) is 5.92. The van der Waals surface area contributed by atoms with Crippen LogP contribution >= 0.6 is 0 Å². The van der Waals surface area contributed by atoms with E-state index in [-0.39, 0.29) is 24.1 Å². The minimum absolute atomic E-state index is 0.0948. The molecule has 5 rings (SSSR count). The summed E-state index contributed by atoms with van der Waals surface area (Å²) < 4.78 is 0. The zero-order chi connectivity index (χ0) is 18.5. The van der Waals surface area contributed by atoms with Gasteiger partial charge in [-0.3, -0.25) is 24.6 Å². The molecule has 0 saturated carbocycles. The van der Waals surface area contributed by atoms with Gasteiger partial charge < -0.3 is 10.2 Å². The van der Waals surface area contributed by atoms with E-state index in [0.717, 1.165) is 30.8 Å². The van der Waals surface area contributed by atoms with Gasteiger partial charge in [0.25, 0.3) is 5.91 Å². The number of imide groups is 1. The molecule has 3 amide bonds. The van der Waals surface area contributed by atoms with Crippen LogP contribution in [0.3, 0.4) is 0 Å². The molecule has 3 atom stereocenters. The van der Waals surface area contributed by atoms with Crippen LogP contribution in [0.1, 0.15) is 47.2 Å². The van der Waals surface area contributed by atoms with E-state index in [1.54, 1.807) is 4.90 Å². The maximum absolute atomic E-state index is 12.9. The predicted octanol–water partition coefficient (Wildman–Crippen LogP) is 0.384. The molecule has 2 N–H and O–H groups in total. The van der Waals surface area contributed by atoms with Crippen molar-refractivity contribution in [3.63, 3.8) is 0 Å². The third-order valence-corrected chi connectivity index (χ3v) is 6.46. The molecule has 1 aromatic rings. The Morgan fingerprint density at radius 3 is 2.89 bits per heavy atom. The van der Waals surface area contributed by atoms with Crippen molar-refractivity contribution < 1.29 is 14.4 Å². The van der Waals surface area contributed by atoms with E-state index in [1.807, 2.05) is 12.1 Å². The van der Waals surface area contributed by atoms with Gasteiger partial charge in [-0.05, 0) is 36.5 Å². The van der Waals surface area contributed by atoms with Crippen molar-refractivity contribution in [3.05, 3.63) is 34.9 Å². The van der Waals surface area contributed by atoms with Gasteiger partial charge in [-0.25, -0.2) is 0 Å². The Labute approximate surface area is 158 Å². The molecule has 7 heteroatoms. The van der Waals surface area contributed by atoms with Crippen molar-refractivity contribution in [2.24, 2.45) is 0 Å². The number of piperidine rings is 2. The Kier molecular flexibility index (Phi) is 4.02. The van der Waals surface area contributed by atoms with E-state index < -0.39 is 6.04 Å². The fourth-order valence-electron chi connectivity index (χ4n) is 4.94. The summed E-state index contributed by atoms with van der Waals surface area (Å²) in [6.45, 7) is 3.45. The zero-order valence-electron chi connectivity index (χ0n) is 15.2. The SMILES string of the molecule is O=C1CCC(N2Cc3ccc(CN4CCC5CC4CN5)cc3C2=O)C(=O)N1. The molecule has 4 heterocycles. The first kappa shape index (κ1) is 16.9. The summed E-state index contributed by atoms with van der Waals surface area (Å²) in [5.41, 5.74) is 2.82. The topological polar surface area (TPSA) is 81.8 Å². The van der Waals surface area contributed by atoms with E-state index in [0.29, 0.717) is 30.6 Å². The maximum atomic E-state index is 12.9. The number of fused-ring (bicyclic) bond motifs is 3. The molecule has 142 valence electrons. The highest BCUT2D eigenvalue weighted by molar-refractivity contribution is 6.05. The average molecular weight is 368 g/mol. The van der Waals surface area contributed by atoms with Crippen molar-refractivity contribution in [2.45, 2.75) is 56.9 Å². The van der Waals surface area contributed by atoms with Crippen LogP contribution in [0.4, 0.5) is 0 Å². The summed E-state index contributed by atoms with van der Waals surface area (Å²) >= 11 is 0. The second-order valence-electron chi connectivity index (χ2n) is 8.15. The average Bonchev–Trinajstić information content (AvgIpc) is 3.19. The van der Waals surface area contributed by atoms with Gasteiger partial charge in [0.1, 0.15) is 6.04 Å². The normalized spacial score (nSPS) is 30.6. The van der Waals surface area contributed by atoms with Crippen LogP contribution < -0.4 is 10.6 Å².